The molecular formula is C15H24N2O2. The molecule has 0 atom stereocenters. The molecule has 106 valence electrons. The number of rotatable bonds is 7. The number of nitrogens with one attached hydrogen (secondary N) is 1. The van der Waals surface area contributed by atoms with Crippen molar-refractivity contribution >= 4 is 11.6 Å². The Morgan fingerprint density at radius 3 is 2.74 bits per heavy atom. The molecule has 3 N–H and O–H groups in total. The van der Waals surface area contributed by atoms with Gasteiger partial charge in [-0.05, 0) is 24.5 Å². The highest BCUT2D eigenvalue weighted by Gasteiger charge is 2.14. The Labute approximate surface area is 115 Å². The van der Waals surface area contributed by atoms with E-state index in [0.717, 1.165) is 12.8 Å². The number of nitrogen functional groups attached to an aromatic ring is 1. The fourth-order valence-corrected chi connectivity index (χ4v) is 1.93. The first-order valence-electron chi connectivity index (χ1n) is 6.77. The van der Waals surface area contributed by atoms with Crippen LogP contribution in [0.3, 0.4) is 0 Å². The molecule has 0 aromatic heterocycles. The summed E-state index contributed by atoms with van der Waals surface area (Å²) in [5.74, 6) is 1.06. The van der Waals surface area contributed by atoms with E-state index in [1.165, 1.54) is 13.5 Å². The first-order chi connectivity index (χ1) is 9.06. The van der Waals surface area contributed by atoms with Crippen molar-refractivity contribution in [3.05, 3.63) is 23.8 Å². The molecule has 4 heteroatoms. The van der Waals surface area contributed by atoms with Crippen LogP contribution >= 0.6 is 0 Å². The maximum absolute atomic E-state index is 12.1. The number of hydrogen-bond donors (Lipinski definition) is 2. The number of benzene rings is 1. The lowest BCUT2D eigenvalue weighted by molar-refractivity contribution is 0.0951. The van der Waals surface area contributed by atoms with Crippen molar-refractivity contribution in [1.29, 1.82) is 0 Å². The third-order valence-electron chi connectivity index (χ3n) is 3.00. The van der Waals surface area contributed by atoms with Crippen LogP contribution in [0, 0.1) is 5.92 Å². The van der Waals surface area contributed by atoms with Gasteiger partial charge in [0.05, 0.1) is 7.11 Å². The summed E-state index contributed by atoms with van der Waals surface area (Å²) in [4.78, 5) is 12.1. The zero-order valence-corrected chi connectivity index (χ0v) is 12.0. The van der Waals surface area contributed by atoms with E-state index in [-0.39, 0.29) is 5.91 Å². The third-order valence-corrected chi connectivity index (χ3v) is 3.00. The second-order valence-corrected chi connectivity index (χ2v) is 5.07. The van der Waals surface area contributed by atoms with Gasteiger partial charge in [0.1, 0.15) is 11.3 Å². The Morgan fingerprint density at radius 1 is 1.37 bits per heavy atom. The molecule has 0 heterocycles. The zero-order valence-electron chi connectivity index (χ0n) is 12.0. The van der Waals surface area contributed by atoms with Crippen molar-refractivity contribution in [1.82, 2.24) is 5.32 Å². The van der Waals surface area contributed by atoms with Crippen LogP contribution in [0.25, 0.3) is 0 Å². The summed E-state index contributed by atoms with van der Waals surface area (Å²) < 4.78 is 5.17. The minimum Gasteiger partial charge on any atom is -0.496 e. The van der Waals surface area contributed by atoms with Gasteiger partial charge in [0.15, 0.2) is 0 Å². The monoisotopic (exact) mass is 264 g/mol. The number of carbonyl (C=O) groups excluding carboxylic acids is 1. The Kier molecular flexibility index (Phi) is 6.19. The summed E-state index contributed by atoms with van der Waals surface area (Å²) in [5, 5.41) is 2.89. The zero-order chi connectivity index (χ0) is 14.3. The number of ether oxygens (including phenoxy) is 1. The third kappa shape index (κ3) is 4.81. The predicted octanol–water partition coefficient (Wildman–Crippen LogP) is 2.83. The van der Waals surface area contributed by atoms with Gasteiger partial charge in [-0.15, -0.1) is 0 Å². The maximum atomic E-state index is 12.1. The van der Waals surface area contributed by atoms with Gasteiger partial charge in [-0.1, -0.05) is 32.8 Å². The number of unbranched alkanes of at least 4 members (excludes halogenated alkanes) is 1. The molecule has 0 saturated heterocycles. The Morgan fingerprint density at radius 2 is 2.11 bits per heavy atom. The summed E-state index contributed by atoms with van der Waals surface area (Å²) in [6.45, 7) is 5.07. The highest BCUT2D eigenvalue weighted by molar-refractivity contribution is 6.01. The van der Waals surface area contributed by atoms with Gasteiger partial charge >= 0.3 is 0 Å². The van der Waals surface area contributed by atoms with Gasteiger partial charge in [-0.3, -0.25) is 4.79 Å². The Bertz CT molecular complexity index is 417. The molecule has 4 nitrogen and oxygen atoms in total. The van der Waals surface area contributed by atoms with E-state index in [1.807, 2.05) is 0 Å². The van der Waals surface area contributed by atoms with Crippen molar-refractivity contribution < 1.29 is 9.53 Å². The van der Waals surface area contributed by atoms with Crippen molar-refractivity contribution in [2.75, 3.05) is 19.4 Å². The minimum absolute atomic E-state index is 0.167. The molecule has 0 aliphatic rings. The maximum Gasteiger partial charge on any atom is 0.257 e. The van der Waals surface area contributed by atoms with Gasteiger partial charge in [-0.2, -0.15) is 0 Å². The average Bonchev–Trinajstić information content (AvgIpc) is 2.37. The van der Waals surface area contributed by atoms with E-state index in [0.29, 0.717) is 29.5 Å². The molecule has 0 bridgehead atoms. The summed E-state index contributed by atoms with van der Waals surface area (Å²) in [5.41, 5.74) is 6.70. The van der Waals surface area contributed by atoms with Crippen LogP contribution < -0.4 is 15.8 Å². The van der Waals surface area contributed by atoms with Crippen molar-refractivity contribution in [2.24, 2.45) is 5.92 Å². The molecule has 0 unspecified atom stereocenters. The second kappa shape index (κ2) is 7.67. The van der Waals surface area contributed by atoms with Crippen molar-refractivity contribution in [3.63, 3.8) is 0 Å². The van der Waals surface area contributed by atoms with E-state index < -0.39 is 0 Å². The van der Waals surface area contributed by atoms with E-state index in [9.17, 15) is 4.79 Å². The van der Waals surface area contributed by atoms with Gasteiger partial charge in [0.25, 0.3) is 5.91 Å². The minimum atomic E-state index is -0.167. The van der Waals surface area contributed by atoms with Crippen molar-refractivity contribution in [3.8, 4) is 5.75 Å². The van der Waals surface area contributed by atoms with Crippen LogP contribution in [0.15, 0.2) is 18.2 Å². The van der Waals surface area contributed by atoms with E-state index >= 15 is 0 Å². The quantitative estimate of drug-likeness (QED) is 0.588. The van der Waals surface area contributed by atoms with E-state index in [2.05, 4.69) is 19.2 Å². The number of hydrogen-bond acceptors (Lipinski definition) is 3. The number of nitrogens with two attached hydrogens (primary N) is 1. The molecular weight excluding hydrogens is 240 g/mol. The fraction of sp³-hybridized carbons (Fsp3) is 0.533. The van der Waals surface area contributed by atoms with Crippen LogP contribution in [0.2, 0.25) is 0 Å². The Hall–Kier alpha value is -1.71. The first-order valence-corrected chi connectivity index (χ1v) is 6.77. The van der Waals surface area contributed by atoms with Gasteiger partial charge in [0.2, 0.25) is 0 Å². The highest BCUT2D eigenvalue weighted by Crippen LogP contribution is 2.23. The number of amides is 1. The summed E-state index contributed by atoms with van der Waals surface area (Å²) in [6, 6.07) is 5.22. The van der Waals surface area contributed by atoms with Gasteiger partial charge < -0.3 is 15.8 Å². The predicted molar refractivity (Wildman–Crippen MR) is 78.4 cm³/mol. The molecule has 0 radical (unpaired) electrons. The lowest BCUT2D eigenvalue weighted by Gasteiger charge is -2.11. The van der Waals surface area contributed by atoms with Gasteiger partial charge in [-0.25, -0.2) is 0 Å². The summed E-state index contributed by atoms with van der Waals surface area (Å²) in [6.07, 6.45) is 3.30. The molecule has 1 aromatic carbocycles. The topological polar surface area (TPSA) is 64.3 Å². The average molecular weight is 264 g/mol. The van der Waals surface area contributed by atoms with Crippen LogP contribution in [-0.4, -0.2) is 19.6 Å². The Balaban J connectivity index is 2.50. The van der Waals surface area contributed by atoms with Gasteiger partial charge in [0, 0.05) is 12.2 Å². The first kappa shape index (κ1) is 15.3. The molecule has 0 aliphatic carbocycles. The fourth-order valence-electron chi connectivity index (χ4n) is 1.93. The molecule has 0 fully saturated rings. The van der Waals surface area contributed by atoms with Crippen LogP contribution in [-0.2, 0) is 0 Å². The second-order valence-electron chi connectivity index (χ2n) is 5.07. The lowest BCUT2D eigenvalue weighted by atomic mass is 10.1. The normalized spacial score (nSPS) is 10.5. The summed E-state index contributed by atoms with van der Waals surface area (Å²) in [7, 11) is 1.54. The SMILES string of the molecule is COc1cccc(N)c1C(=O)NCCCCC(C)C. The highest BCUT2D eigenvalue weighted by atomic mass is 16.5. The molecule has 1 amide bonds. The number of methoxy groups -OCH3 is 1. The molecule has 0 aliphatic heterocycles. The van der Waals surface area contributed by atoms with Crippen LogP contribution in [0.1, 0.15) is 43.5 Å². The standard InChI is InChI=1S/C15H24N2O2/c1-11(2)7-4-5-10-17-15(18)14-12(16)8-6-9-13(14)19-3/h6,8-9,11H,4-5,7,10,16H2,1-3H3,(H,17,18). The summed E-state index contributed by atoms with van der Waals surface area (Å²) >= 11 is 0. The number of anilines is 1. The van der Waals surface area contributed by atoms with Crippen LogP contribution in [0.5, 0.6) is 5.75 Å². The molecule has 1 rings (SSSR count). The molecule has 1 aromatic rings. The van der Waals surface area contributed by atoms with Crippen molar-refractivity contribution in [2.45, 2.75) is 33.1 Å². The molecule has 19 heavy (non-hydrogen) atoms. The lowest BCUT2D eigenvalue weighted by Crippen LogP contribution is -2.26. The van der Waals surface area contributed by atoms with E-state index in [1.54, 1.807) is 18.2 Å². The van der Waals surface area contributed by atoms with Crippen LogP contribution in [0.4, 0.5) is 5.69 Å². The largest absolute Gasteiger partial charge is 0.496 e. The smallest absolute Gasteiger partial charge is 0.257 e. The number of carbonyl (C=O) groups is 1. The molecule has 0 spiro atoms. The molecule has 0 saturated carbocycles. The van der Waals surface area contributed by atoms with E-state index in [4.69, 9.17) is 10.5 Å².